The molecule has 2 heteroatoms. The molecule has 0 fully saturated rings. The van der Waals surface area contributed by atoms with Crippen LogP contribution in [0.1, 0.15) is 15.9 Å². The summed E-state index contributed by atoms with van der Waals surface area (Å²) in [4.78, 5) is 11.7. The van der Waals surface area contributed by atoms with Crippen LogP contribution in [0.15, 0.2) is 59.1 Å². The lowest BCUT2D eigenvalue weighted by atomic mass is 10.1. The summed E-state index contributed by atoms with van der Waals surface area (Å²) in [5.74, 6) is 5.33. The molecule has 0 aliphatic heterocycles. The SMILES string of the molecule is O=C(C#Cc1cccc(Br)c1)c1ccccc1. The number of benzene rings is 2. The smallest absolute Gasteiger partial charge is 0.236 e. The Kier molecular flexibility index (Phi) is 3.74. The van der Waals surface area contributed by atoms with Gasteiger partial charge in [-0.05, 0) is 24.1 Å². The standard InChI is InChI=1S/C15H9BrO/c16-14-8-4-5-12(11-14)9-10-15(17)13-6-2-1-3-7-13/h1-8,11H. The summed E-state index contributed by atoms with van der Waals surface area (Å²) < 4.78 is 0.955. The minimum Gasteiger partial charge on any atom is -0.279 e. The summed E-state index contributed by atoms with van der Waals surface area (Å²) in [7, 11) is 0. The Morgan fingerprint density at radius 3 is 2.47 bits per heavy atom. The van der Waals surface area contributed by atoms with Crippen LogP contribution in [-0.4, -0.2) is 5.78 Å². The molecular weight excluding hydrogens is 276 g/mol. The van der Waals surface area contributed by atoms with E-state index in [9.17, 15) is 4.79 Å². The molecule has 0 heterocycles. The normalized spacial score (nSPS) is 9.24. The molecule has 17 heavy (non-hydrogen) atoms. The van der Waals surface area contributed by atoms with Crippen LogP contribution in [-0.2, 0) is 0 Å². The molecule has 0 aliphatic rings. The molecule has 2 rings (SSSR count). The molecule has 0 saturated carbocycles. The van der Waals surface area contributed by atoms with E-state index in [4.69, 9.17) is 0 Å². The summed E-state index contributed by atoms with van der Waals surface area (Å²) in [5, 5.41) is 0. The van der Waals surface area contributed by atoms with Crippen LogP contribution in [0, 0.1) is 11.8 Å². The highest BCUT2D eigenvalue weighted by Crippen LogP contribution is 2.10. The molecule has 0 atom stereocenters. The molecule has 82 valence electrons. The Morgan fingerprint density at radius 1 is 1.00 bits per heavy atom. The molecule has 2 aromatic carbocycles. The van der Waals surface area contributed by atoms with Gasteiger partial charge >= 0.3 is 0 Å². The number of rotatable bonds is 1. The Bertz CT molecular complexity index is 591. The maximum absolute atomic E-state index is 11.7. The maximum atomic E-state index is 11.7. The molecule has 0 radical (unpaired) electrons. The van der Waals surface area contributed by atoms with E-state index in [2.05, 4.69) is 27.8 Å². The third kappa shape index (κ3) is 3.30. The van der Waals surface area contributed by atoms with Crippen LogP contribution in [0.2, 0.25) is 0 Å². The highest BCUT2D eigenvalue weighted by Gasteiger charge is 1.99. The number of ketones is 1. The molecule has 0 bridgehead atoms. The van der Waals surface area contributed by atoms with Crippen LogP contribution in [0.3, 0.4) is 0 Å². The highest BCUT2D eigenvalue weighted by atomic mass is 79.9. The van der Waals surface area contributed by atoms with E-state index in [1.807, 2.05) is 42.5 Å². The molecule has 0 aromatic heterocycles. The van der Waals surface area contributed by atoms with E-state index in [0.29, 0.717) is 5.56 Å². The van der Waals surface area contributed by atoms with Gasteiger partial charge in [-0.15, -0.1) is 0 Å². The Morgan fingerprint density at radius 2 is 1.76 bits per heavy atom. The second-order valence-corrected chi connectivity index (χ2v) is 4.37. The zero-order valence-electron chi connectivity index (χ0n) is 8.98. The van der Waals surface area contributed by atoms with Crippen LogP contribution in [0.4, 0.5) is 0 Å². The lowest BCUT2D eigenvalue weighted by Gasteiger charge is -1.92. The fourth-order valence-corrected chi connectivity index (χ4v) is 1.76. The predicted molar refractivity (Wildman–Crippen MR) is 71.8 cm³/mol. The molecule has 1 nitrogen and oxygen atoms in total. The number of carbonyl (C=O) groups is 1. The lowest BCUT2D eigenvalue weighted by molar-refractivity contribution is 0.105. The van der Waals surface area contributed by atoms with Crippen LogP contribution in [0.5, 0.6) is 0 Å². The molecule has 2 aromatic rings. The van der Waals surface area contributed by atoms with Gasteiger partial charge in [-0.25, -0.2) is 0 Å². The number of Topliss-reactive ketones (excluding diaryl/α,β-unsaturated/α-hetero) is 1. The van der Waals surface area contributed by atoms with Gasteiger partial charge in [0.25, 0.3) is 0 Å². The largest absolute Gasteiger partial charge is 0.279 e. The zero-order chi connectivity index (χ0) is 12.1. The van der Waals surface area contributed by atoms with Crippen molar-refractivity contribution in [3.8, 4) is 11.8 Å². The molecule has 0 N–H and O–H groups in total. The van der Waals surface area contributed by atoms with Gasteiger partial charge in [0.1, 0.15) is 0 Å². The van der Waals surface area contributed by atoms with Crippen LogP contribution in [0.25, 0.3) is 0 Å². The van der Waals surface area contributed by atoms with Gasteiger partial charge in [-0.1, -0.05) is 58.2 Å². The number of hydrogen-bond acceptors (Lipinski definition) is 1. The van der Waals surface area contributed by atoms with Gasteiger partial charge in [-0.3, -0.25) is 4.79 Å². The van der Waals surface area contributed by atoms with Gasteiger partial charge < -0.3 is 0 Å². The first-order chi connectivity index (χ1) is 8.25. The van der Waals surface area contributed by atoms with Gasteiger partial charge in [-0.2, -0.15) is 0 Å². The average Bonchev–Trinajstić information content (AvgIpc) is 2.37. The first-order valence-corrected chi connectivity index (χ1v) is 5.92. The predicted octanol–water partition coefficient (Wildman–Crippen LogP) is 3.68. The van der Waals surface area contributed by atoms with Gasteiger partial charge in [0.05, 0.1) is 0 Å². The van der Waals surface area contributed by atoms with E-state index in [0.717, 1.165) is 10.0 Å². The van der Waals surface area contributed by atoms with Crippen molar-refractivity contribution in [3.63, 3.8) is 0 Å². The van der Waals surface area contributed by atoms with Gasteiger partial charge in [0.2, 0.25) is 5.78 Å². The van der Waals surface area contributed by atoms with E-state index in [-0.39, 0.29) is 5.78 Å². The highest BCUT2D eigenvalue weighted by molar-refractivity contribution is 9.10. The van der Waals surface area contributed by atoms with E-state index < -0.39 is 0 Å². The molecular formula is C15H9BrO. The Balaban J connectivity index is 2.20. The van der Waals surface area contributed by atoms with Crippen molar-refractivity contribution in [1.82, 2.24) is 0 Å². The van der Waals surface area contributed by atoms with Crippen LogP contribution >= 0.6 is 15.9 Å². The topological polar surface area (TPSA) is 17.1 Å². The minimum atomic E-state index is -0.162. The van der Waals surface area contributed by atoms with Crippen molar-refractivity contribution in [2.45, 2.75) is 0 Å². The second-order valence-electron chi connectivity index (χ2n) is 3.46. The van der Waals surface area contributed by atoms with Crippen molar-refractivity contribution >= 4 is 21.7 Å². The Hall–Kier alpha value is -1.85. The fraction of sp³-hybridized carbons (Fsp3) is 0. The summed E-state index contributed by atoms with van der Waals surface area (Å²) in [6.07, 6.45) is 0. The summed E-state index contributed by atoms with van der Waals surface area (Å²) in [6.45, 7) is 0. The first kappa shape index (κ1) is 11.6. The van der Waals surface area contributed by atoms with Crippen molar-refractivity contribution < 1.29 is 4.79 Å². The molecule has 0 amide bonds. The molecule has 0 saturated heterocycles. The maximum Gasteiger partial charge on any atom is 0.236 e. The summed E-state index contributed by atoms with van der Waals surface area (Å²) in [6, 6.07) is 16.6. The summed E-state index contributed by atoms with van der Waals surface area (Å²) >= 11 is 3.36. The second kappa shape index (κ2) is 5.47. The number of halogens is 1. The molecule has 0 aliphatic carbocycles. The fourth-order valence-electron chi connectivity index (χ4n) is 1.36. The van der Waals surface area contributed by atoms with Crippen molar-refractivity contribution in [2.75, 3.05) is 0 Å². The van der Waals surface area contributed by atoms with E-state index in [1.54, 1.807) is 12.1 Å². The Labute approximate surface area is 109 Å². The van der Waals surface area contributed by atoms with Gasteiger partial charge in [0, 0.05) is 15.6 Å². The van der Waals surface area contributed by atoms with Crippen molar-refractivity contribution in [2.24, 2.45) is 0 Å². The first-order valence-electron chi connectivity index (χ1n) is 5.13. The third-order valence-corrected chi connectivity index (χ3v) is 2.67. The van der Waals surface area contributed by atoms with E-state index in [1.165, 1.54) is 0 Å². The monoisotopic (exact) mass is 284 g/mol. The molecule has 0 unspecified atom stereocenters. The number of carbonyl (C=O) groups excluding carboxylic acids is 1. The zero-order valence-corrected chi connectivity index (χ0v) is 10.6. The third-order valence-electron chi connectivity index (χ3n) is 2.18. The number of hydrogen-bond donors (Lipinski definition) is 0. The molecule has 0 spiro atoms. The lowest BCUT2D eigenvalue weighted by Crippen LogP contribution is -1.93. The van der Waals surface area contributed by atoms with Crippen molar-refractivity contribution in [3.05, 3.63) is 70.2 Å². The average molecular weight is 285 g/mol. The van der Waals surface area contributed by atoms with Crippen LogP contribution < -0.4 is 0 Å². The van der Waals surface area contributed by atoms with Gasteiger partial charge in [0.15, 0.2) is 0 Å². The van der Waals surface area contributed by atoms with Crippen molar-refractivity contribution in [1.29, 1.82) is 0 Å². The minimum absolute atomic E-state index is 0.162. The summed E-state index contributed by atoms with van der Waals surface area (Å²) in [5.41, 5.74) is 1.44. The quantitative estimate of drug-likeness (QED) is 0.577. The van der Waals surface area contributed by atoms with E-state index >= 15 is 0 Å².